The first-order valence-electron chi connectivity index (χ1n) is 11.3. The van der Waals surface area contributed by atoms with E-state index in [1.165, 1.54) is 17.8 Å². The first kappa shape index (κ1) is 27.1. The summed E-state index contributed by atoms with van der Waals surface area (Å²) >= 11 is 13.8. The van der Waals surface area contributed by atoms with Crippen molar-refractivity contribution in [1.82, 2.24) is 10.2 Å². The van der Waals surface area contributed by atoms with Gasteiger partial charge in [-0.05, 0) is 36.2 Å². The topological polar surface area (TPSA) is 49.4 Å². The van der Waals surface area contributed by atoms with Gasteiger partial charge < -0.3 is 10.2 Å². The van der Waals surface area contributed by atoms with Gasteiger partial charge in [0.05, 0.1) is 5.75 Å². The molecule has 8 heteroatoms. The highest BCUT2D eigenvalue weighted by Crippen LogP contribution is 2.25. The Hall–Kier alpha value is -2.54. The Balaban J connectivity index is 1.86. The largest absolute Gasteiger partial charge is 0.355 e. The van der Waals surface area contributed by atoms with Gasteiger partial charge in [-0.15, -0.1) is 11.8 Å². The number of rotatable bonds is 11. The quantitative estimate of drug-likeness (QED) is 0.322. The van der Waals surface area contributed by atoms with E-state index in [-0.39, 0.29) is 29.9 Å². The fourth-order valence-electron chi connectivity index (χ4n) is 3.65. The van der Waals surface area contributed by atoms with Gasteiger partial charge in [-0.1, -0.05) is 77.8 Å². The lowest BCUT2D eigenvalue weighted by Crippen LogP contribution is -2.51. The van der Waals surface area contributed by atoms with Gasteiger partial charge in [-0.2, -0.15) is 0 Å². The molecule has 0 aliphatic heterocycles. The van der Waals surface area contributed by atoms with Gasteiger partial charge in [0.2, 0.25) is 11.8 Å². The van der Waals surface area contributed by atoms with Gasteiger partial charge in [0.25, 0.3) is 0 Å². The van der Waals surface area contributed by atoms with Crippen molar-refractivity contribution >= 4 is 46.8 Å². The summed E-state index contributed by atoms with van der Waals surface area (Å²) in [6, 6.07) is 20.6. The number of halogens is 3. The summed E-state index contributed by atoms with van der Waals surface area (Å²) in [6.07, 6.45) is 0.354. The summed E-state index contributed by atoms with van der Waals surface area (Å²) < 4.78 is 14.2. The van der Waals surface area contributed by atoms with E-state index in [1.807, 2.05) is 55.5 Å². The lowest BCUT2D eigenvalue weighted by molar-refractivity contribution is -0.139. The summed E-state index contributed by atoms with van der Waals surface area (Å²) in [4.78, 5) is 28.2. The molecular weight excluding hydrogens is 506 g/mol. The molecule has 0 saturated heterocycles. The van der Waals surface area contributed by atoms with Crippen LogP contribution in [0, 0.1) is 5.82 Å². The molecule has 35 heavy (non-hydrogen) atoms. The minimum absolute atomic E-state index is 0.0554. The van der Waals surface area contributed by atoms with Crippen molar-refractivity contribution < 1.29 is 14.0 Å². The van der Waals surface area contributed by atoms with Crippen molar-refractivity contribution in [1.29, 1.82) is 0 Å². The molecule has 2 amide bonds. The molecule has 0 fully saturated rings. The van der Waals surface area contributed by atoms with Gasteiger partial charge in [0, 0.05) is 40.9 Å². The molecule has 0 aromatic heterocycles. The van der Waals surface area contributed by atoms with Crippen molar-refractivity contribution in [3.8, 4) is 0 Å². The Labute approximate surface area is 219 Å². The number of carbonyl (C=O) groups excluding carboxylic acids is 2. The molecule has 184 valence electrons. The molecule has 0 unspecified atom stereocenters. The van der Waals surface area contributed by atoms with Crippen LogP contribution in [0.25, 0.3) is 0 Å². The van der Waals surface area contributed by atoms with E-state index in [9.17, 15) is 14.0 Å². The lowest BCUT2D eigenvalue weighted by atomic mass is 10.0. The zero-order chi connectivity index (χ0) is 25.2. The Morgan fingerprint density at radius 1 is 0.971 bits per heavy atom. The third-order valence-electron chi connectivity index (χ3n) is 5.45. The second-order valence-electron chi connectivity index (χ2n) is 7.91. The molecule has 0 heterocycles. The van der Waals surface area contributed by atoms with Crippen molar-refractivity contribution in [2.75, 3.05) is 12.3 Å². The van der Waals surface area contributed by atoms with E-state index < -0.39 is 11.9 Å². The highest BCUT2D eigenvalue weighted by Gasteiger charge is 2.30. The molecule has 0 radical (unpaired) electrons. The Morgan fingerprint density at radius 3 is 2.34 bits per heavy atom. The van der Waals surface area contributed by atoms with Crippen LogP contribution in [-0.2, 0) is 28.3 Å². The maximum atomic E-state index is 14.2. The molecule has 3 rings (SSSR count). The summed E-state index contributed by atoms with van der Waals surface area (Å²) in [5.41, 5.74) is 2.03. The van der Waals surface area contributed by atoms with Crippen LogP contribution >= 0.6 is 35.0 Å². The highest BCUT2D eigenvalue weighted by atomic mass is 35.5. The predicted octanol–water partition coefficient (Wildman–Crippen LogP) is 6.14. The number of benzene rings is 3. The van der Waals surface area contributed by atoms with Crippen LogP contribution in [0.4, 0.5) is 4.39 Å². The fraction of sp³-hybridized carbons (Fsp3) is 0.259. The monoisotopic (exact) mass is 532 g/mol. The van der Waals surface area contributed by atoms with Crippen LogP contribution in [0.1, 0.15) is 23.6 Å². The molecule has 0 spiro atoms. The minimum atomic E-state index is -0.737. The Kier molecular flexibility index (Phi) is 10.5. The lowest BCUT2D eigenvalue weighted by Gasteiger charge is -2.31. The van der Waals surface area contributed by atoms with Crippen molar-refractivity contribution in [3.63, 3.8) is 0 Å². The second-order valence-corrected chi connectivity index (χ2v) is 9.71. The van der Waals surface area contributed by atoms with Crippen LogP contribution in [-0.4, -0.2) is 35.1 Å². The highest BCUT2D eigenvalue weighted by molar-refractivity contribution is 7.99. The first-order chi connectivity index (χ1) is 16.9. The minimum Gasteiger partial charge on any atom is -0.355 e. The van der Waals surface area contributed by atoms with Crippen molar-refractivity contribution in [2.24, 2.45) is 0 Å². The summed E-state index contributed by atoms with van der Waals surface area (Å²) in [6.45, 7) is 2.46. The van der Waals surface area contributed by atoms with Crippen LogP contribution in [0.5, 0.6) is 0 Å². The molecule has 1 atom stereocenters. The Morgan fingerprint density at radius 2 is 1.66 bits per heavy atom. The molecule has 0 bridgehead atoms. The van der Waals surface area contributed by atoms with Crippen LogP contribution in [0.15, 0.2) is 72.8 Å². The van der Waals surface area contributed by atoms with Gasteiger partial charge in [0.15, 0.2) is 0 Å². The summed E-state index contributed by atoms with van der Waals surface area (Å²) in [5, 5.41) is 3.70. The maximum absolute atomic E-state index is 14.2. The molecule has 1 N–H and O–H groups in total. The van der Waals surface area contributed by atoms with Crippen LogP contribution in [0.2, 0.25) is 10.0 Å². The van der Waals surface area contributed by atoms with E-state index >= 15 is 0 Å². The average Bonchev–Trinajstić information content (AvgIpc) is 2.85. The van der Waals surface area contributed by atoms with E-state index in [0.717, 1.165) is 11.1 Å². The van der Waals surface area contributed by atoms with Gasteiger partial charge >= 0.3 is 0 Å². The van der Waals surface area contributed by atoms with Gasteiger partial charge in [-0.3, -0.25) is 9.59 Å². The molecule has 0 saturated carbocycles. The van der Waals surface area contributed by atoms with E-state index in [1.54, 1.807) is 23.1 Å². The molecule has 0 aliphatic rings. The van der Waals surface area contributed by atoms with E-state index in [0.29, 0.717) is 28.6 Å². The normalized spacial score (nSPS) is 11.7. The number of hydrogen-bond acceptors (Lipinski definition) is 3. The third-order valence-corrected chi connectivity index (χ3v) is 7.12. The van der Waals surface area contributed by atoms with Crippen LogP contribution in [0.3, 0.4) is 0 Å². The standard InChI is InChI=1S/C27H27Cl2FN2O2S/c1-2-31-27(34)25(15-19-9-4-3-5-10-19)32(16-20-11-6-7-12-22(20)28)26(33)18-35-17-21-23(29)13-8-14-24(21)30/h3-14,25H,2,15-18H2,1H3,(H,31,34)/t25-/m0/s1. The molecule has 3 aromatic rings. The number of thioether (sulfide) groups is 1. The number of carbonyl (C=O) groups is 2. The van der Waals surface area contributed by atoms with Crippen LogP contribution < -0.4 is 5.32 Å². The van der Waals surface area contributed by atoms with Crippen molar-refractivity contribution in [2.45, 2.75) is 31.7 Å². The number of hydrogen-bond donors (Lipinski definition) is 1. The molecular formula is C27H27Cl2FN2O2S. The van der Waals surface area contributed by atoms with E-state index in [4.69, 9.17) is 23.2 Å². The number of amides is 2. The summed E-state index contributed by atoms with van der Waals surface area (Å²) in [7, 11) is 0. The predicted molar refractivity (Wildman–Crippen MR) is 142 cm³/mol. The van der Waals surface area contributed by atoms with Crippen molar-refractivity contribution in [3.05, 3.63) is 105 Å². The SMILES string of the molecule is CCNC(=O)[C@H](Cc1ccccc1)N(Cc1ccccc1Cl)C(=O)CSCc1c(F)cccc1Cl. The zero-order valence-corrected chi connectivity index (χ0v) is 21.7. The zero-order valence-electron chi connectivity index (χ0n) is 19.3. The smallest absolute Gasteiger partial charge is 0.243 e. The van der Waals surface area contributed by atoms with Gasteiger partial charge in [0.1, 0.15) is 11.9 Å². The number of nitrogens with zero attached hydrogens (tertiary/aromatic N) is 1. The average molecular weight is 533 g/mol. The third kappa shape index (κ3) is 7.72. The first-order valence-corrected chi connectivity index (χ1v) is 13.2. The van der Waals surface area contributed by atoms with Gasteiger partial charge in [-0.25, -0.2) is 4.39 Å². The second kappa shape index (κ2) is 13.5. The number of nitrogens with one attached hydrogen (secondary N) is 1. The Bertz CT molecular complexity index is 1130. The maximum Gasteiger partial charge on any atom is 0.243 e. The molecule has 0 aliphatic carbocycles. The molecule has 4 nitrogen and oxygen atoms in total. The van der Waals surface area contributed by atoms with E-state index in [2.05, 4.69) is 5.32 Å². The molecule has 3 aromatic carbocycles. The number of likely N-dealkylation sites (N-methyl/N-ethyl adjacent to an activating group) is 1. The fourth-order valence-corrected chi connectivity index (χ4v) is 5.09. The summed E-state index contributed by atoms with van der Waals surface area (Å²) in [5.74, 6) is -0.593.